The third kappa shape index (κ3) is 3.72. The average Bonchev–Trinajstić information content (AvgIpc) is 2.22. The second kappa shape index (κ2) is 5.98. The number of hydrogen-bond donors (Lipinski definition) is 3. The normalized spacial score (nSPS) is 12.5. The molecule has 0 aliphatic carbocycles. The molecule has 0 aliphatic rings. The number of anilines is 2. The first-order valence-corrected chi connectivity index (χ1v) is 5.89. The van der Waals surface area contributed by atoms with E-state index in [1.807, 2.05) is 18.2 Å². The summed E-state index contributed by atoms with van der Waals surface area (Å²) in [6.07, 6.45) is 1.70. The van der Waals surface area contributed by atoms with Gasteiger partial charge in [0, 0.05) is 17.1 Å². The number of halogens is 1. The number of rotatable bonds is 5. The number of hydrogen-bond acceptors (Lipinski definition) is 3. The highest BCUT2D eigenvalue weighted by Crippen LogP contribution is 2.24. The lowest BCUT2D eigenvalue weighted by molar-refractivity contribution is 0.278. The largest absolute Gasteiger partial charge is 0.397 e. The summed E-state index contributed by atoms with van der Waals surface area (Å²) in [4.78, 5) is 0. The van der Waals surface area contributed by atoms with E-state index in [1.165, 1.54) is 0 Å². The van der Waals surface area contributed by atoms with E-state index in [0.717, 1.165) is 28.7 Å². The molecule has 0 fully saturated rings. The van der Waals surface area contributed by atoms with Crippen LogP contribution in [-0.2, 0) is 0 Å². The van der Waals surface area contributed by atoms with Gasteiger partial charge in [-0.25, -0.2) is 0 Å². The summed E-state index contributed by atoms with van der Waals surface area (Å²) in [5, 5.41) is 12.2. The van der Waals surface area contributed by atoms with Gasteiger partial charge < -0.3 is 16.2 Å². The molecule has 84 valence electrons. The van der Waals surface area contributed by atoms with Gasteiger partial charge in [0.05, 0.1) is 11.4 Å². The summed E-state index contributed by atoms with van der Waals surface area (Å²) >= 11 is 3.40. The van der Waals surface area contributed by atoms with E-state index in [9.17, 15) is 0 Å². The van der Waals surface area contributed by atoms with Crippen LogP contribution in [0.5, 0.6) is 0 Å². The van der Waals surface area contributed by atoms with E-state index in [0.29, 0.717) is 0 Å². The van der Waals surface area contributed by atoms with E-state index >= 15 is 0 Å². The van der Waals surface area contributed by atoms with Crippen LogP contribution in [0, 0.1) is 0 Å². The van der Waals surface area contributed by atoms with Crippen LogP contribution in [0.4, 0.5) is 11.4 Å². The summed E-state index contributed by atoms with van der Waals surface area (Å²) in [5.74, 6) is 0. The van der Waals surface area contributed by atoms with Crippen LogP contribution in [0.25, 0.3) is 0 Å². The fraction of sp³-hybridized carbons (Fsp3) is 0.455. The van der Waals surface area contributed by atoms with E-state index in [2.05, 4.69) is 28.2 Å². The van der Waals surface area contributed by atoms with Crippen molar-refractivity contribution in [3.63, 3.8) is 0 Å². The molecule has 4 heteroatoms. The monoisotopic (exact) mass is 272 g/mol. The molecule has 0 saturated carbocycles. The maximum atomic E-state index is 8.89. The molecule has 1 atom stereocenters. The Labute approximate surface area is 98.8 Å². The van der Waals surface area contributed by atoms with Crippen LogP contribution in [0.3, 0.4) is 0 Å². The lowest BCUT2D eigenvalue weighted by atomic mass is 10.1. The van der Waals surface area contributed by atoms with Crippen LogP contribution in [0.2, 0.25) is 0 Å². The highest BCUT2D eigenvalue weighted by atomic mass is 79.9. The van der Waals surface area contributed by atoms with Gasteiger partial charge in [-0.05, 0) is 31.0 Å². The van der Waals surface area contributed by atoms with Gasteiger partial charge in [-0.15, -0.1) is 0 Å². The maximum absolute atomic E-state index is 8.89. The topological polar surface area (TPSA) is 58.3 Å². The average molecular weight is 273 g/mol. The Morgan fingerprint density at radius 3 is 2.87 bits per heavy atom. The predicted octanol–water partition coefficient (Wildman–Crippen LogP) is 2.60. The first-order chi connectivity index (χ1) is 7.17. The van der Waals surface area contributed by atoms with E-state index in [4.69, 9.17) is 10.8 Å². The van der Waals surface area contributed by atoms with Crippen molar-refractivity contribution in [1.29, 1.82) is 0 Å². The number of nitrogen functional groups attached to an aromatic ring is 1. The fourth-order valence-electron chi connectivity index (χ4n) is 1.41. The molecule has 0 amide bonds. The molecule has 0 aliphatic heterocycles. The molecule has 0 heterocycles. The predicted molar refractivity (Wildman–Crippen MR) is 68.0 cm³/mol. The van der Waals surface area contributed by atoms with Crippen molar-refractivity contribution >= 4 is 27.3 Å². The molecule has 0 bridgehead atoms. The third-order valence-electron chi connectivity index (χ3n) is 2.35. The number of nitrogens with two attached hydrogens (primary N) is 1. The van der Waals surface area contributed by atoms with Gasteiger partial charge in [0.25, 0.3) is 0 Å². The Balaban J connectivity index is 2.73. The van der Waals surface area contributed by atoms with E-state index in [-0.39, 0.29) is 12.6 Å². The van der Waals surface area contributed by atoms with Crippen LogP contribution in [-0.4, -0.2) is 17.8 Å². The zero-order chi connectivity index (χ0) is 11.3. The summed E-state index contributed by atoms with van der Waals surface area (Å²) < 4.78 is 0.998. The number of benzene rings is 1. The molecular weight excluding hydrogens is 256 g/mol. The lowest BCUT2D eigenvalue weighted by Crippen LogP contribution is -2.20. The first-order valence-electron chi connectivity index (χ1n) is 5.09. The van der Waals surface area contributed by atoms with Gasteiger partial charge in [0.15, 0.2) is 0 Å². The van der Waals surface area contributed by atoms with Crippen LogP contribution in [0.1, 0.15) is 19.8 Å². The van der Waals surface area contributed by atoms with Crippen molar-refractivity contribution in [3.8, 4) is 0 Å². The molecule has 1 aromatic rings. The Hall–Kier alpha value is -0.740. The third-order valence-corrected chi connectivity index (χ3v) is 2.84. The van der Waals surface area contributed by atoms with E-state index < -0.39 is 0 Å². The smallest absolute Gasteiger partial charge is 0.0587 e. The van der Waals surface area contributed by atoms with Crippen molar-refractivity contribution in [2.75, 3.05) is 17.7 Å². The zero-order valence-corrected chi connectivity index (χ0v) is 10.4. The van der Waals surface area contributed by atoms with Crippen LogP contribution >= 0.6 is 15.9 Å². The molecule has 1 aromatic carbocycles. The summed E-state index contributed by atoms with van der Waals surface area (Å²) in [5.41, 5.74) is 7.49. The number of nitrogens with one attached hydrogen (secondary N) is 1. The number of aliphatic hydroxyl groups is 1. The summed E-state index contributed by atoms with van der Waals surface area (Å²) in [6, 6.07) is 5.99. The molecule has 0 aromatic heterocycles. The molecular formula is C11H17BrN2O. The lowest BCUT2D eigenvalue weighted by Gasteiger charge is -2.18. The van der Waals surface area contributed by atoms with Gasteiger partial charge in [-0.3, -0.25) is 0 Å². The van der Waals surface area contributed by atoms with E-state index in [1.54, 1.807) is 0 Å². The van der Waals surface area contributed by atoms with Gasteiger partial charge in [-0.1, -0.05) is 22.9 Å². The SMILES string of the molecule is CCC(CCO)Nc1cc(Br)ccc1N. The van der Waals surface area contributed by atoms with Crippen molar-refractivity contribution in [2.24, 2.45) is 0 Å². The molecule has 15 heavy (non-hydrogen) atoms. The second-order valence-corrected chi connectivity index (χ2v) is 4.41. The second-order valence-electron chi connectivity index (χ2n) is 3.49. The molecule has 1 rings (SSSR count). The Morgan fingerprint density at radius 1 is 1.53 bits per heavy atom. The minimum Gasteiger partial charge on any atom is -0.397 e. The van der Waals surface area contributed by atoms with Crippen molar-refractivity contribution in [1.82, 2.24) is 0 Å². The first kappa shape index (κ1) is 12.3. The molecule has 0 saturated heterocycles. The fourth-order valence-corrected chi connectivity index (χ4v) is 1.77. The van der Waals surface area contributed by atoms with Gasteiger partial charge in [0.2, 0.25) is 0 Å². The summed E-state index contributed by atoms with van der Waals surface area (Å²) in [6.45, 7) is 2.28. The Bertz CT molecular complexity index is 317. The number of aliphatic hydroxyl groups excluding tert-OH is 1. The molecule has 0 radical (unpaired) electrons. The highest BCUT2D eigenvalue weighted by Gasteiger charge is 2.07. The van der Waals surface area contributed by atoms with Crippen LogP contribution < -0.4 is 11.1 Å². The summed E-state index contributed by atoms with van der Waals surface area (Å²) in [7, 11) is 0. The van der Waals surface area contributed by atoms with Crippen LogP contribution in [0.15, 0.2) is 22.7 Å². The highest BCUT2D eigenvalue weighted by molar-refractivity contribution is 9.10. The minimum absolute atomic E-state index is 0.194. The maximum Gasteiger partial charge on any atom is 0.0587 e. The zero-order valence-electron chi connectivity index (χ0n) is 8.83. The van der Waals surface area contributed by atoms with Crippen molar-refractivity contribution < 1.29 is 5.11 Å². The van der Waals surface area contributed by atoms with Crippen molar-refractivity contribution in [3.05, 3.63) is 22.7 Å². The minimum atomic E-state index is 0.194. The molecule has 1 unspecified atom stereocenters. The molecule has 4 N–H and O–H groups in total. The van der Waals surface area contributed by atoms with Gasteiger partial charge in [-0.2, -0.15) is 0 Å². The van der Waals surface area contributed by atoms with Gasteiger partial charge >= 0.3 is 0 Å². The molecule has 3 nitrogen and oxygen atoms in total. The van der Waals surface area contributed by atoms with Crippen molar-refractivity contribution in [2.45, 2.75) is 25.8 Å². The quantitative estimate of drug-likeness (QED) is 0.723. The molecule has 0 spiro atoms. The standard InChI is InChI=1S/C11H17BrN2O/c1-2-9(5-6-15)14-11-7-8(12)3-4-10(11)13/h3-4,7,9,14-15H,2,5-6,13H2,1H3. The van der Waals surface area contributed by atoms with Gasteiger partial charge in [0.1, 0.15) is 0 Å². The Kier molecular flexibility index (Phi) is 4.91. The Morgan fingerprint density at radius 2 is 2.27 bits per heavy atom.